The van der Waals surface area contributed by atoms with Crippen LogP contribution in [0.3, 0.4) is 0 Å². The van der Waals surface area contributed by atoms with Crippen LogP contribution in [0.2, 0.25) is 0 Å². The molecule has 3 atom stereocenters. The zero-order chi connectivity index (χ0) is 15.3. The average Bonchev–Trinajstić information content (AvgIpc) is 2.48. The Balaban J connectivity index is 2.19. The number of hydrogen-bond donors (Lipinski definition) is 1. The zero-order valence-corrected chi connectivity index (χ0v) is 13.5. The SMILES string of the molecule is CCOc1ccc(C(O)C2(OCC)CCCC(C)C2)cc1. The van der Waals surface area contributed by atoms with Gasteiger partial charge in [-0.3, -0.25) is 0 Å². The molecule has 1 N–H and O–H groups in total. The first-order valence-corrected chi connectivity index (χ1v) is 8.16. The van der Waals surface area contributed by atoms with Gasteiger partial charge in [0.1, 0.15) is 11.9 Å². The lowest BCUT2D eigenvalue weighted by atomic mass is 9.74. The third kappa shape index (κ3) is 3.78. The molecule has 3 nitrogen and oxygen atoms in total. The highest BCUT2D eigenvalue weighted by Crippen LogP contribution is 2.43. The van der Waals surface area contributed by atoms with Crippen LogP contribution in [0.15, 0.2) is 24.3 Å². The van der Waals surface area contributed by atoms with Crippen molar-refractivity contribution in [2.45, 2.75) is 58.2 Å². The van der Waals surface area contributed by atoms with Gasteiger partial charge >= 0.3 is 0 Å². The van der Waals surface area contributed by atoms with Crippen molar-refractivity contribution in [3.63, 3.8) is 0 Å². The monoisotopic (exact) mass is 292 g/mol. The Hall–Kier alpha value is -1.06. The van der Waals surface area contributed by atoms with Crippen molar-refractivity contribution < 1.29 is 14.6 Å². The lowest BCUT2D eigenvalue weighted by molar-refractivity contribution is -0.150. The van der Waals surface area contributed by atoms with Gasteiger partial charge in [-0.15, -0.1) is 0 Å². The summed E-state index contributed by atoms with van der Waals surface area (Å²) in [6.45, 7) is 7.52. The van der Waals surface area contributed by atoms with E-state index in [1.807, 2.05) is 38.1 Å². The Kier molecular flexibility index (Phi) is 5.65. The molecule has 0 radical (unpaired) electrons. The lowest BCUT2D eigenvalue weighted by Gasteiger charge is -2.43. The number of aliphatic hydroxyl groups is 1. The number of rotatable bonds is 6. The molecule has 1 aromatic rings. The molecule has 0 spiro atoms. The van der Waals surface area contributed by atoms with E-state index >= 15 is 0 Å². The van der Waals surface area contributed by atoms with Gasteiger partial charge in [0.25, 0.3) is 0 Å². The van der Waals surface area contributed by atoms with Crippen LogP contribution >= 0.6 is 0 Å². The molecule has 3 unspecified atom stereocenters. The molecule has 0 bridgehead atoms. The van der Waals surface area contributed by atoms with Crippen molar-refractivity contribution in [3.05, 3.63) is 29.8 Å². The summed E-state index contributed by atoms with van der Waals surface area (Å²) in [6, 6.07) is 7.76. The van der Waals surface area contributed by atoms with E-state index in [9.17, 15) is 5.11 Å². The minimum absolute atomic E-state index is 0.431. The Labute approximate surface area is 128 Å². The largest absolute Gasteiger partial charge is 0.494 e. The van der Waals surface area contributed by atoms with Gasteiger partial charge in [0.15, 0.2) is 0 Å². The fourth-order valence-corrected chi connectivity index (χ4v) is 3.51. The highest BCUT2D eigenvalue weighted by molar-refractivity contribution is 5.30. The Bertz CT molecular complexity index is 425. The molecule has 1 saturated carbocycles. The first kappa shape index (κ1) is 16.3. The number of benzene rings is 1. The smallest absolute Gasteiger partial charge is 0.119 e. The highest BCUT2D eigenvalue weighted by Gasteiger charge is 2.42. The van der Waals surface area contributed by atoms with Gasteiger partial charge in [-0.05, 0) is 50.3 Å². The normalized spacial score (nSPS) is 27.3. The van der Waals surface area contributed by atoms with E-state index in [-0.39, 0.29) is 0 Å². The minimum atomic E-state index is -0.573. The first-order chi connectivity index (χ1) is 10.1. The fourth-order valence-electron chi connectivity index (χ4n) is 3.51. The summed E-state index contributed by atoms with van der Waals surface area (Å²) in [6.07, 6.45) is 3.63. The van der Waals surface area contributed by atoms with Crippen LogP contribution in [0, 0.1) is 5.92 Å². The van der Waals surface area contributed by atoms with E-state index in [0.29, 0.717) is 19.1 Å². The summed E-state index contributed by atoms with van der Waals surface area (Å²) >= 11 is 0. The molecule has 0 amide bonds. The van der Waals surface area contributed by atoms with Gasteiger partial charge in [0.2, 0.25) is 0 Å². The van der Waals surface area contributed by atoms with E-state index < -0.39 is 11.7 Å². The van der Waals surface area contributed by atoms with Crippen molar-refractivity contribution in [1.82, 2.24) is 0 Å². The molecule has 1 aliphatic rings. The van der Waals surface area contributed by atoms with Crippen molar-refractivity contribution >= 4 is 0 Å². The number of ether oxygens (including phenoxy) is 2. The van der Waals surface area contributed by atoms with Gasteiger partial charge in [0, 0.05) is 6.61 Å². The lowest BCUT2D eigenvalue weighted by Crippen LogP contribution is -2.43. The van der Waals surface area contributed by atoms with Gasteiger partial charge in [-0.25, -0.2) is 0 Å². The summed E-state index contributed by atoms with van der Waals surface area (Å²) in [5.74, 6) is 1.44. The van der Waals surface area contributed by atoms with Crippen LogP contribution in [0.25, 0.3) is 0 Å². The van der Waals surface area contributed by atoms with Gasteiger partial charge in [0.05, 0.1) is 12.2 Å². The van der Waals surface area contributed by atoms with Crippen LogP contribution in [0.4, 0.5) is 0 Å². The summed E-state index contributed by atoms with van der Waals surface area (Å²) < 4.78 is 11.5. The maximum atomic E-state index is 10.9. The average molecular weight is 292 g/mol. The molecule has 1 aliphatic carbocycles. The predicted octanol–water partition coefficient (Wildman–Crippen LogP) is 4.10. The molecular weight excluding hydrogens is 264 g/mol. The summed E-state index contributed by atoms with van der Waals surface area (Å²) in [7, 11) is 0. The predicted molar refractivity (Wildman–Crippen MR) is 84.6 cm³/mol. The molecule has 2 rings (SSSR count). The van der Waals surface area contributed by atoms with E-state index in [1.54, 1.807) is 0 Å². The van der Waals surface area contributed by atoms with Crippen molar-refractivity contribution in [3.8, 4) is 5.75 Å². The van der Waals surface area contributed by atoms with Gasteiger partial charge < -0.3 is 14.6 Å². The van der Waals surface area contributed by atoms with Gasteiger partial charge in [-0.1, -0.05) is 31.9 Å². The fraction of sp³-hybridized carbons (Fsp3) is 0.667. The van der Waals surface area contributed by atoms with Crippen LogP contribution in [-0.2, 0) is 4.74 Å². The Morgan fingerprint density at radius 2 is 1.95 bits per heavy atom. The van der Waals surface area contributed by atoms with Crippen molar-refractivity contribution in [2.75, 3.05) is 13.2 Å². The maximum Gasteiger partial charge on any atom is 0.119 e. The van der Waals surface area contributed by atoms with Gasteiger partial charge in [-0.2, -0.15) is 0 Å². The standard InChI is InChI=1S/C18H28O3/c1-4-20-16-10-8-15(9-11-16)17(19)18(21-5-2)12-6-7-14(3)13-18/h8-11,14,17,19H,4-7,12-13H2,1-3H3. The first-order valence-electron chi connectivity index (χ1n) is 8.16. The molecular formula is C18H28O3. The third-order valence-electron chi connectivity index (χ3n) is 4.43. The number of aliphatic hydroxyl groups excluding tert-OH is 1. The summed E-state index contributed by atoms with van der Waals surface area (Å²) in [5, 5.41) is 10.9. The van der Waals surface area contributed by atoms with E-state index in [4.69, 9.17) is 9.47 Å². The number of hydrogen-bond acceptors (Lipinski definition) is 3. The second-order valence-corrected chi connectivity index (χ2v) is 6.10. The molecule has 0 aliphatic heterocycles. The maximum absolute atomic E-state index is 10.9. The molecule has 118 valence electrons. The topological polar surface area (TPSA) is 38.7 Å². The Morgan fingerprint density at radius 1 is 1.24 bits per heavy atom. The van der Waals surface area contributed by atoms with Crippen LogP contribution < -0.4 is 4.74 Å². The molecule has 0 heterocycles. The molecule has 1 fully saturated rings. The Morgan fingerprint density at radius 3 is 2.52 bits per heavy atom. The summed E-state index contributed by atoms with van der Waals surface area (Å²) in [5.41, 5.74) is 0.487. The third-order valence-corrected chi connectivity index (χ3v) is 4.43. The summed E-state index contributed by atoms with van der Waals surface area (Å²) in [4.78, 5) is 0. The quantitative estimate of drug-likeness (QED) is 0.857. The molecule has 0 saturated heterocycles. The van der Waals surface area contributed by atoms with Crippen LogP contribution in [0.5, 0.6) is 5.75 Å². The van der Waals surface area contributed by atoms with Crippen LogP contribution in [0.1, 0.15) is 58.1 Å². The molecule has 21 heavy (non-hydrogen) atoms. The van der Waals surface area contributed by atoms with Crippen LogP contribution in [-0.4, -0.2) is 23.9 Å². The molecule has 3 heteroatoms. The second kappa shape index (κ2) is 7.28. The minimum Gasteiger partial charge on any atom is -0.494 e. The van der Waals surface area contributed by atoms with E-state index in [2.05, 4.69) is 6.92 Å². The van der Waals surface area contributed by atoms with Crippen molar-refractivity contribution in [1.29, 1.82) is 0 Å². The zero-order valence-electron chi connectivity index (χ0n) is 13.5. The van der Waals surface area contributed by atoms with Crippen molar-refractivity contribution in [2.24, 2.45) is 5.92 Å². The highest BCUT2D eigenvalue weighted by atomic mass is 16.5. The van der Waals surface area contributed by atoms with E-state index in [0.717, 1.165) is 30.6 Å². The molecule has 0 aromatic heterocycles. The van der Waals surface area contributed by atoms with E-state index in [1.165, 1.54) is 6.42 Å². The second-order valence-electron chi connectivity index (χ2n) is 6.10. The molecule has 1 aromatic carbocycles.